The van der Waals surface area contributed by atoms with Crippen molar-refractivity contribution in [2.24, 2.45) is 45.5 Å². The normalized spacial score (nSPS) is 47.6. The van der Waals surface area contributed by atoms with E-state index in [0.29, 0.717) is 43.0 Å². The van der Waals surface area contributed by atoms with Crippen LogP contribution in [-0.4, -0.2) is 42.0 Å². The van der Waals surface area contributed by atoms with E-state index in [1.807, 2.05) is 6.92 Å². The molecule has 9 atom stereocenters. The number of rotatable bonds is 5. The van der Waals surface area contributed by atoms with Crippen molar-refractivity contribution in [3.63, 3.8) is 0 Å². The van der Waals surface area contributed by atoms with Crippen molar-refractivity contribution in [2.75, 3.05) is 13.2 Å². The van der Waals surface area contributed by atoms with Crippen LogP contribution in [0.1, 0.15) is 65.7 Å². The predicted octanol–water partition coefficient (Wildman–Crippen LogP) is 4.08. The number of nitrogens with zero attached hydrogens (tertiary/aromatic N) is 3. The summed E-state index contributed by atoms with van der Waals surface area (Å²) in [5, 5.41) is 14.1. The molecule has 0 amide bonds. The summed E-state index contributed by atoms with van der Waals surface area (Å²) in [4.78, 5) is 29.2. The minimum Gasteiger partial charge on any atom is -0.390 e. The van der Waals surface area contributed by atoms with Crippen molar-refractivity contribution >= 4 is 11.6 Å². The summed E-state index contributed by atoms with van der Waals surface area (Å²) in [5.41, 5.74) is 8.12. The van der Waals surface area contributed by atoms with Gasteiger partial charge in [-0.2, -0.15) is 0 Å². The summed E-state index contributed by atoms with van der Waals surface area (Å²) in [6, 6.07) is 0. The third kappa shape index (κ3) is 3.21. The van der Waals surface area contributed by atoms with Crippen LogP contribution in [0.5, 0.6) is 0 Å². The number of aliphatic hydroxyl groups is 1. The van der Waals surface area contributed by atoms with Crippen molar-refractivity contribution in [3.8, 4) is 0 Å². The van der Waals surface area contributed by atoms with Gasteiger partial charge in [-0.15, -0.1) is 0 Å². The zero-order valence-corrected chi connectivity index (χ0v) is 18.4. The largest absolute Gasteiger partial charge is 0.390 e. The standard InChI is InChI=1S/C23H35N3O4/c1-4-30-20-11-22(2)13(9-17(20)27)5-6-14-15-7-8-16(19(29)12-25-26-24)23(15,3)10-18(28)21(14)22/h13-17,20-21,27H,4-12H2,1-3H3/t13-,14-,15-,16+,17-,20-,21+,22-,23-/m0/s1. The monoisotopic (exact) mass is 417 g/mol. The first-order chi connectivity index (χ1) is 14.3. The molecular formula is C23H35N3O4. The molecule has 0 aromatic rings. The zero-order chi connectivity index (χ0) is 21.7. The smallest absolute Gasteiger partial charge is 0.142 e. The van der Waals surface area contributed by atoms with E-state index in [0.717, 1.165) is 32.1 Å². The Balaban J connectivity index is 1.62. The van der Waals surface area contributed by atoms with E-state index < -0.39 is 6.10 Å². The Morgan fingerprint density at radius 3 is 2.73 bits per heavy atom. The fourth-order valence-electron chi connectivity index (χ4n) is 8.20. The van der Waals surface area contributed by atoms with Gasteiger partial charge in [-0.3, -0.25) is 9.59 Å². The molecule has 0 spiro atoms. The number of ether oxygens (including phenoxy) is 1. The number of fused-ring (bicyclic) bond motifs is 5. The summed E-state index contributed by atoms with van der Waals surface area (Å²) in [7, 11) is 0. The molecular weight excluding hydrogens is 382 g/mol. The van der Waals surface area contributed by atoms with Crippen molar-refractivity contribution in [3.05, 3.63) is 10.4 Å². The van der Waals surface area contributed by atoms with E-state index in [4.69, 9.17) is 10.3 Å². The third-order valence-electron chi connectivity index (χ3n) is 9.40. The fourth-order valence-corrected chi connectivity index (χ4v) is 8.20. The molecule has 0 unspecified atom stereocenters. The Morgan fingerprint density at radius 1 is 1.27 bits per heavy atom. The lowest BCUT2D eigenvalue weighted by molar-refractivity contribution is -0.179. The van der Waals surface area contributed by atoms with Gasteiger partial charge in [-0.25, -0.2) is 0 Å². The molecule has 7 nitrogen and oxygen atoms in total. The molecule has 4 rings (SSSR count). The van der Waals surface area contributed by atoms with Crippen molar-refractivity contribution in [2.45, 2.75) is 77.9 Å². The second kappa shape index (κ2) is 7.92. The molecule has 4 fully saturated rings. The van der Waals surface area contributed by atoms with Crippen LogP contribution < -0.4 is 0 Å². The van der Waals surface area contributed by atoms with Gasteiger partial charge < -0.3 is 9.84 Å². The molecule has 4 saturated carbocycles. The number of aliphatic hydroxyl groups excluding tert-OH is 1. The lowest BCUT2D eigenvalue weighted by Gasteiger charge is -2.60. The Morgan fingerprint density at radius 2 is 2.03 bits per heavy atom. The first-order valence-electron chi connectivity index (χ1n) is 11.6. The van der Waals surface area contributed by atoms with Crippen LogP contribution in [0.25, 0.3) is 10.4 Å². The summed E-state index contributed by atoms with van der Waals surface area (Å²) < 4.78 is 5.87. The van der Waals surface area contributed by atoms with Gasteiger partial charge in [-0.05, 0) is 79.6 Å². The number of carbonyl (C=O) groups is 2. The van der Waals surface area contributed by atoms with Gasteiger partial charge in [0.1, 0.15) is 11.6 Å². The van der Waals surface area contributed by atoms with E-state index in [1.54, 1.807) is 0 Å². The van der Waals surface area contributed by atoms with Crippen LogP contribution in [0.15, 0.2) is 5.11 Å². The summed E-state index contributed by atoms with van der Waals surface area (Å²) in [6.07, 6.45) is 5.04. The second-order valence-electron chi connectivity index (χ2n) is 10.7. The highest BCUT2D eigenvalue weighted by Gasteiger charge is 2.64. The quantitative estimate of drug-likeness (QED) is 0.412. The number of azide groups is 1. The molecule has 0 aromatic carbocycles. The van der Waals surface area contributed by atoms with E-state index in [-0.39, 0.29) is 41.1 Å². The number of carbonyl (C=O) groups excluding carboxylic acids is 2. The first kappa shape index (κ1) is 21.8. The lowest BCUT2D eigenvalue weighted by atomic mass is 9.44. The Kier molecular flexibility index (Phi) is 5.75. The molecule has 0 bridgehead atoms. The van der Waals surface area contributed by atoms with E-state index in [2.05, 4.69) is 23.9 Å². The number of hydrogen-bond donors (Lipinski definition) is 1. The maximum absolute atomic E-state index is 13.7. The van der Waals surface area contributed by atoms with Gasteiger partial charge in [0, 0.05) is 29.8 Å². The van der Waals surface area contributed by atoms with Gasteiger partial charge >= 0.3 is 0 Å². The van der Waals surface area contributed by atoms with Crippen LogP contribution in [0.4, 0.5) is 0 Å². The minimum atomic E-state index is -0.447. The molecule has 0 radical (unpaired) electrons. The number of hydrogen-bond acceptors (Lipinski definition) is 5. The molecule has 4 aliphatic rings. The summed E-state index contributed by atoms with van der Waals surface area (Å²) in [6.45, 7) is 6.79. The van der Waals surface area contributed by atoms with Crippen LogP contribution in [0.3, 0.4) is 0 Å². The molecule has 166 valence electrons. The van der Waals surface area contributed by atoms with Gasteiger partial charge in [0.15, 0.2) is 0 Å². The molecule has 0 aliphatic heterocycles. The summed E-state index contributed by atoms with van der Waals surface area (Å²) in [5.74, 6) is 1.09. The Labute approximate surface area is 178 Å². The molecule has 0 aromatic heterocycles. The predicted molar refractivity (Wildman–Crippen MR) is 111 cm³/mol. The van der Waals surface area contributed by atoms with E-state index in [1.165, 1.54) is 0 Å². The maximum atomic E-state index is 13.7. The Bertz CT molecular complexity index is 766. The Hall–Kier alpha value is -1.43. The average Bonchev–Trinajstić information content (AvgIpc) is 3.03. The first-order valence-corrected chi connectivity index (χ1v) is 11.6. The molecule has 30 heavy (non-hydrogen) atoms. The fraction of sp³-hybridized carbons (Fsp3) is 0.913. The topological polar surface area (TPSA) is 112 Å². The lowest BCUT2D eigenvalue weighted by Crippen LogP contribution is -2.60. The van der Waals surface area contributed by atoms with E-state index >= 15 is 0 Å². The van der Waals surface area contributed by atoms with Crippen molar-refractivity contribution < 1.29 is 19.4 Å². The van der Waals surface area contributed by atoms with Crippen molar-refractivity contribution in [1.82, 2.24) is 0 Å². The van der Waals surface area contributed by atoms with Crippen molar-refractivity contribution in [1.29, 1.82) is 0 Å². The van der Waals surface area contributed by atoms with Crippen LogP contribution in [-0.2, 0) is 14.3 Å². The van der Waals surface area contributed by atoms with Gasteiger partial charge in [0.05, 0.1) is 18.8 Å². The number of Topliss-reactive ketones (excluding diaryl/α,β-unsaturated/α-hetero) is 2. The third-order valence-corrected chi connectivity index (χ3v) is 9.40. The molecule has 1 N–H and O–H groups in total. The minimum absolute atomic E-state index is 0.00392. The van der Waals surface area contributed by atoms with Gasteiger partial charge in [0.25, 0.3) is 0 Å². The average molecular weight is 418 g/mol. The molecule has 4 aliphatic carbocycles. The van der Waals surface area contributed by atoms with Crippen LogP contribution >= 0.6 is 0 Å². The van der Waals surface area contributed by atoms with Crippen LogP contribution in [0, 0.1) is 40.4 Å². The highest BCUT2D eigenvalue weighted by molar-refractivity contribution is 5.88. The van der Waals surface area contributed by atoms with Crippen LogP contribution in [0.2, 0.25) is 0 Å². The van der Waals surface area contributed by atoms with Gasteiger partial charge in [-0.1, -0.05) is 19.0 Å². The SMILES string of the molecule is CCO[C@H]1C[C@@]2(C)[C@@H](CC[C@H]3[C@@H]4CC[C@H](C(=O)CN=[N+]=[N-])[C@@]4(C)CC(=O)[C@@H]32)C[C@@H]1O. The zero-order valence-electron chi connectivity index (χ0n) is 18.4. The number of ketones is 2. The maximum Gasteiger partial charge on any atom is 0.142 e. The van der Waals surface area contributed by atoms with E-state index in [9.17, 15) is 14.7 Å². The summed E-state index contributed by atoms with van der Waals surface area (Å²) >= 11 is 0. The highest BCUT2D eigenvalue weighted by Crippen LogP contribution is 2.66. The van der Waals surface area contributed by atoms with Gasteiger partial charge in [0.2, 0.25) is 0 Å². The molecule has 0 saturated heterocycles. The molecule has 7 heteroatoms. The molecule has 0 heterocycles. The highest BCUT2D eigenvalue weighted by atomic mass is 16.5. The second-order valence-corrected chi connectivity index (χ2v) is 10.7.